The molecule has 1 fully saturated rings. The molecule has 8 heteroatoms. The summed E-state index contributed by atoms with van der Waals surface area (Å²) in [4.78, 5) is 25.7. The van der Waals surface area contributed by atoms with Crippen molar-refractivity contribution in [3.05, 3.63) is 47.3 Å². The number of rotatable bonds is 5. The van der Waals surface area contributed by atoms with Crippen LogP contribution in [0.2, 0.25) is 0 Å². The summed E-state index contributed by atoms with van der Waals surface area (Å²) < 4.78 is 15.9. The highest BCUT2D eigenvalue weighted by atomic mass is 16.5. The Morgan fingerprint density at radius 2 is 1.93 bits per heavy atom. The largest absolute Gasteiger partial charge is 0.493 e. The SMILES string of the molecule is COc1ccc(/C=C/C(=O)N2Cc3cnc(N4CCOCC4)nc3C2)cc1OC. The van der Waals surface area contributed by atoms with Crippen LogP contribution in [-0.2, 0) is 22.6 Å². The summed E-state index contributed by atoms with van der Waals surface area (Å²) in [5.41, 5.74) is 2.77. The Balaban J connectivity index is 1.42. The number of methoxy groups -OCH3 is 2. The van der Waals surface area contributed by atoms with Gasteiger partial charge in [0.05, 0.1) is 39.7 Å². The molecule has 1 aromatic heterocycles. The number of carbonyl (C=O) groups is 1. The number of fused-ring (bicyclic) bond motifs is 1. The quantitative estimate of drug-likeness (QED) is 0.714. The van der Waals surface area contributed by atoms with E-state index in [1.54, 1.807) is 31.3 Å². The third-order valence-electron chi connectivity index (χ3n) is 5.07. The van der Waals surface area contributed by atoms with E-state index in [0.29, 0.717) is 43.8 Å². The lowest BCUT2D eigenvalue weighted by molar-refractivity contribution is -0.126. The molecule has 0 spiro atoms. The molecule has 1 aromatic carbocycles. The predicted octanol–water partition coefficient (Wildman–Crippen LogP) is 1.89. The first kappa shape index (κ1) is 19.2. The molecule has 0 radical (unpaired) electrons. The Hall–Kier alpha value is -3.13. The number of amides is 1. The first-order valence-electron chi connectivity index (χ1n) is 9.54. The molecule has 152 valence electrons. The second kappa shape index (κ2) is 8.48. The van der Waals surface area contributed by atoms with Crippen molar-refractivity contribution in [2.24, 2.45) is 0 Å². The number of nitrogens with zero attached hydrogens (tertiary/aromatic N) is 4. The number of morpholine rings is 1. The van der Waals surface area contributed by atoms with Gasteiger partial charge in [0.1, 0.15) is 0 Å². The molecule has 0 atom stereocenters. The van der Waals surface area contributed by atoms with E-state index in [0.717, 1.165) is 29.9 Å². The van der Waals surface area contributed by atoms with E-state index in [4.69, 9.17) is 14.2 Å². The van der Waals surface area contributed by atoms with Gasteiger partial charge in [-0.05, 0) is 23.8 Å². The molecule has 0 bridgehead atoms. The lowest BCUT2D eigenvalue weighted by Gasteiger charge is -2.26. The highest BCUT2D eigenvalue weighted by molar-refractivity contribution is 5.92. The molecule has 8 nitrogen and oxygen atoms in total. The molecule has 0 unspecified atom stereocenters. The van der Waals surface area contributed by atoms with Crippen LogP contribution < -0.4 is 14.4 Å². The van der Waals surface area contributed by atoms with Crippen molar-refractivity contribution in [2.75, 3.05) is 45.4 Å². The molecule has 0 saturated carbocycles. The zero-order valence-electron chi connectivity index (χ0n) is 16.6. The lowest BCUT2D eigenvalue weighted by atomic mass is 10.2. The van der Waals surface area contributed by atoms with Crippen molar-refractivity contribution >= 4 is 17.9 Å². The Morgan fingerprint density at radius 3 is 2.69 bits per heavy atom. The van der Waals surface area contributed by atoms with Crippen LogP contribution in [0.25, 0.3) is 6.08 Å². The number of hydrogen-bond acceptors (Lipinski definition) is 7. The van der Waals surface area contributed by atoms with Crippen molar-refractivity contribution in [1.82, 2.24) is 14.9 Å². The highest BCUT2D eigenvalue weighted by Gasteiger charge is 2.25. The van der Waals surface area contributed by atoms with Crippen LogP contribution in [-0.4, -0.2) is 61.3 Å². The van der Waals surface area contributed by atoms with Gasteiger partial charge in [-0.1, -0.05) is 6.07 Å². The number of benzene rings is 1. The van der Waals surface area contributed by atoms with Gasteiger partial charge in [0.15, 0.2) is 11.5 Å². The van der Waals surface area contributed by atoms with E-state index in [1.165, 1.54) is 0 Å². The molecule has 2 aliphatic rings. The second-order valence-corrected chi connectivity index (χ2v) is 6.88. The number of hydrogen-bond donors (Lipinski definition) is 0. The third-order valence-corrected chi connectivity index (χ3v) is 5.07. The lowest BCUT2D eigenvalue weighted by Crippen LogP contribution is -2.37. The molecule has 29 heavy (non-hydrogen) atoms. The fourth-order valence-corrected chi connectivity index (χ4v) is 3.44. The molecule has 1 amide bonds. The predicted molar refractivity (Wildman–Crippen MR) is 108 cm³/mol. The standard InChI is InChI=1S/C21H24N4O4/c1-27-18-5-3-15(11-19(18)28-2)4-6-20(26)25-13-16-12-22-21(23-17(16)14-25)24-7-9-29-10-8-24/h3-6,11-12H,7-10,13-14H2,1-2H3/b6-4+. The summed E-state index contributed by atoms with van der Waals surface area (Å²) in [5.74, 6) is 1.93. The molecule has 3 heterocycles. The monoisotopic (exact) mass is 396 g/mol. The van der Waals surface area contributed by atoms with Crippen molar-refractivity contribution in [1.29, 1.82) is 0 Å². The molecule has 2 aliphatic heterocycles. The van der Waals surface area contributed by atoms with Crippen LogP contribution in [0.15, 0.2) is 30.5 Å². The van der Waals surface area contributed by atoms with E-state index in [9.17, 15) is 4.79 Å². The Kier molecular flexibility index (Phi) is 5.62. The summed E-state index contributed by atoms with van der Waals surface area (Å²) >= 11 is 0. The van der Waals surface area contributed by atoms with Crippen molar-refractivity contribution in [2.45, 2.75) is 13.1 Å². The van der Waals surface area contributed by atoms with Gasteiger partial charge in [0.2, 0.25) is 11.9 Å². The van der Waals surface area contributed by atoms with E-state index >= 15 is 0 Å². The molecular formula is C21H24N4O4. The van der Waals surface area contributed by atoms with E-state index in [2.05, 4.69) is 14.9 Å². The van der Waals surface area contributed by atoms with Gasteiger partial charge in [-0.3, -0.25) is 4.79 Å². The van der Waals surface area contributed by atoms with Crippen molar-refractivity contribution in [3.63, 3.8) is 0 Å². The topological polar surface area (TPSA) is 77.0 Å². The first-order valence-corrected chi connectivity index (χ1v) is 9.54. The van der Waals surface area contributed by atoms with Gasteiger partial charge in [-0.2, -0.15) is 0 Å². The molecular weight excluding hydrogens is 372 g/mol. The summed E-state index contributed by atoms with van der Waals surface area (Å²) in [6.45, 7) is 3.96. The van der Waals surface area contributed by atoms with Crippen LogP contribution >= 0.6 is 0 Å². The maximum absolute atomic E-state index is 12.7. The molecule has 0 N–H and O–H groups in total. The normalized spacial score (nSPS) is 16.2. The average Bonchev–Trinajstić information content (AvgIpc) is 3.21. The van der Waals surface area contributed by atoms with Gasteiger partial charge in [-0.25, -0.2) is 9.97 Å². The van der Waals surface area contributed by atoms with Crippen molar-refractivity contribution in [3.8, 4) is 11.5 Å². The van der Waals surface area contributed by atoms with Gasteiger partial charge in [0.25, 0.3) is 0 Å². The minimum atomic E-state index is -0.0642. The van der Waals surface area contributed by atoms with Crippen molar-refractivity contribution < 1.29 is 19.0 Å². The number of ether oxygens (including phenoxy) is 3. The zero-order chi connectivity index (χ0) is 20.2. The Bertz CT molecular complexity index is 925. The number of carbonyl (C=O) groups excluding carboxylic acids is 1. The van der Waals surface area contributed by atoms with Crippen LogP contribution in [0.3, 0.4) is 0 Å². The third kappa shape index (κ3) is 4.17. The van der Waals surface area contributed by atoms with Gasteiger partial charge < -0.3 is 24.0 Å². The van der Waals surface area contributed by atoms with Gasteiger partial charge in [0, 0.05) is 37.5 Å². The molecule has 1 saturated heterocycles. The van der Waals surface area contributed by atoms with Crippen LogP contribution in [0.4, 0.5) is 5.95 Å². The Morgan fingerprint density at radius 1 is 1.14 bits per heavy atom. The van der Waals surface area contributed by atoms with Gasteiger partial charge >= 0.3 is 0 Å². The first-order chi connectivity index (χ1) is 14.2. The van der Waals surface area contributed by atoms with E-state index in [-0.39, 0.29) is 5.91 Å². The summed E-state index contributed by atoms with van der Waals surface area (Å²) in [5, 5.41) is 0. The second-order valence-electron chi connectivity index (χ2n) is 6.88. The summed E-state index contributed by atoms with van der Waals surface area (Å²) in [6.07, 6.45) is 5.18. The smallest absolute Gasteiger partial charge is 0.247 e. The number of aromatic nitrogens is 2. The molecule has 4 rings (SSSR count). The van der Waals surface area contributed by atoms with Crippen LogP contribution in [0.5, 0.6) is 11.5 Å². The summed E-state index contributed by atoms with van der Waals surface area (Å²) in [7, 11) is 3.18. The fourth-order valence-electron chi connectivity index (χ4n) is 3.44. The van der Waals surface area contributed by atoms with Crippen LogP contribution in [0.1, 0.15) is 16.8 Å². The van der Waals surface area contributed by atoms with Gasteiger partial charge in [-0.15, -0.1) is 0 Å². The minimum Gasteiger partial charge on any atom is -0.493 e. The molecule has 2 aromatic rings. The molecule has 0 aliphatic carbocycles. The zero-order valence-corrected chi connectivity index (χ0v) is 16.6. The van der Waals surface area contributed by atoms with Crippen LogP contribution in [0, 0.1) is 0 Å². The maximum Gasteiger partial charge on any atom is 0.247 e. The van der Waals surface area contributed by atoms with E-state index < -0.39 is 0 Å². The fraction of sp³-hybridized carbons (Fsp3) is 0.381. The average molecular weight is 396 g/mol. The summed E-state index contributed by atoms with van der Waals surface area (Å²) in [6, 6.07) is 5.53. The number of anilines is 1. The Labute approximate surface area is 169 Å². The minimum absolute atomic E-state index is 0.0642. The maximum atomic E-state index is 12.7. The highest BCUT2D eigenvalue weighted by Crippen LogP contribution is 2.28. The van der Waals surface area contributed by atoms with E-state index in [1.807, 2.05) is 24.4 Å².